The first-order valence-electron chi connectivity index (χ1n) is 5.82. The van der Waals surface area contributed by atoms with Crippen LogP contribution in [0.1, 0.15) is 19.3 Å². The standard InChI is InChI=1S/C12H17FN2O3/c1-18-8-4-2-3-7-14-11-6-5-10(13)9-12(11)15(16)17/h5-6,9,14H,2-4,7-8H2,1H3. The van der Waals surface area contributed by atoms with Crippen LogP contribution >= 0.6 is 0 Å². The number of nitrogens with one attached hydrogen (secondary N) is 1. The molecule has 1 aromatic rings. The van der Waals surface area contributed by atoms with Crippen molar-refractivity contribution in [3.05, 3.63) is 34.1 Å². The number of anilines is 1. The molecule has 0 amide bonds. The topological polar surface area (TPSA) is 64.4 Å². The average molecular weight is 256 g/mol. The molecule has 0 radical (unpaired) electrons. The first-order chi connectivity index (χ1) is 8.65. The number of nitro groups is 1. The Morgan fingerprint density at radius 3 is 2.83 bits per heavy atom. The summed E-state index contributed by atoms with van der Waals surface area (Å²) in [5.41, 5.74) is 0.125. The number of hydrogen-bond acceptors (Lipinski definition) is 4. The molecule has 0 saturated carbocycles. The van der Waals surface area contributed by atoms with E-state index >= 15 is 0 Å². The molecule has 18 heavy (non-hydrogen) atoms. The van der Waals surface area contributed by atoms with Crippen molar-refractivity contribution in [3.8, 4) is 0 Å². The summed E-state index contributed by atoms with van der Waals surface area (Å²) in [7, 11) is 1.65. The van der Waals surface area contributed by atoms with E-state index in [1.807, 2.05) is 0 Å². The Hall–Kier alpha value is -1.69. The van der Waals surface area contributed by atoms with Crippen LogP contribution in [0.15, 0.2) is 18.2 Å². The fraction of sp³-hybridized carbons (Fsp3) is 0.500. The van der Waals surface area contributed by atoms with Gasteiger partial charge in [0.05, 0.1) is 11.0 Å². The number of unbranched alkanes of at least 4 members (excludes halogenated alkanes) is 2. The molecule has 0 fully saturated rings. The summed E-state index contributed by atoms with van der Waals surface area (Å²) in [6.07, 6.45) is 2.83. The highest BCUT2D eigenvalue weighted by Gasteiger charge is 2.13. The molecular weight excluding hydrogens is 239 g/mol. The van der Waals surface area contributed by atoms with Crippen molar-refractivity contribution in [3.63, 3.8) is 0 Å². The summed E-state index contributed by atoms with van der Waals surface area (Å²) in [6, 6.07) is 3.52. The lowest BCUT2D eigenvalue weighted by atomic mass is 10.2. The van der Waals surface area contributed by atoms with E-state index in [1.165, 1.54) is 12.1 Å². The molecule has 0 saturated heterocycles. The van der Waals surface area contributed by atoms with E-state index in [-0.39, 0.29) is 5.69 Å². The van der Waals surface area contributed by atoms with E-state index in [0.29, 0.717) is 12.2 Å². The lowest BCUT2D eigenvalue weighted by molar-refractivity contribution is -0.384. The number of methoxy groups -OCH3 is 1. The van der Waals surface area contributed by atoms with Crippen LogP contribution in [0.25, 0.3) is 0 Å². The minimum absolute atomic E-state index is 0.230. The van der Waals surface area contributed by atoms with Crippen LogP contribution in [0, 0.1) is 15.9 Å². The first kappa shape index (κ1) is 14.4. The quantitative estimate of drug-likeness (QED) is 0.441. The summed E-state index contributed by atoms with van der Waals surface area (Å²) in [4.78, 5) is 10.1. The second-order valence-corrected chi connectivity index (χ2v) is 3.90. The Balaban J connectivity index is 2.44. The smallest absolute Gasteiger partial charge is 0.295 e. The largest absolute Gasteiger partial charge is 0.385 e. The lowest BCUT2D eigenvalue weighted by Gasteiger charge is -2.07. The van der Waals surface area contributed by atoms with Gasteiger partial charge in [-0.1, -0.05) is 0 Å². The SMILES string of the molecule is COCCCCCNc1ccc(F)cc1[N+](=O)[O-]. The number of nitrogens with zero attached hydrogens (tertiary/aromatic N) is 1. The molecular formula is C12H17FN2O3. The van der Waals surface area contributed by atoms with Crippen LogP contribution in [0.2, 0.25) is 0 Å². The molecule has 6 heteroatoms. The van der Waals surface area contributed by atoms with E-state index in [0.717, 1.165) is 31.9 Å². The summed E-state index contributed by atoms with van der Waals surface area (Å²) < 4.78 is 17.8. The first-order valence-corrected chi connectivity index (χ1v) is 5.82. The van der Waals surface area contributed by atoms with E-state index in [9.17, 15) is 14.5 Å². The number of halogens is 1. The molecule has 0 aromatic heterocycles. The fourth-order valence-electron chi connectivity index (χ4n) is 1.58. The van der Waals surface area contributed by atoms with E-state index < -0.39 is 10.7 Å². The summed E-state index contributed by atoms with van der Waals surface area (Å²) in [5, 5.41) is 13.7. The molecule has 0 spiro atoms. The number of nitro benzene ring substituents is 1. The Bertz CT molecular complexity index is 399. The molecule has 1 N–H and O–H groups in total. The van der Waals surface area contributed by atoms with Gasteiger partial charge < -0.3 is 10.1 Å². The Labute approximate surface area is 105 Å². The van der Waals surface area contributed by atoms with Crippen LogP contribution < -0.4 is 5.32 Å². The second-order valence-electron chi connectivity index (χ2n) is 3.90. The maximum Gasteiger partial charge on any atom is 0.295 e. The Morgan fingerprint density at radius 1 is 1.39 bits per heavy atom. The molecule has 1 aromatic carbocycles. The van der Waals surface area contributed by atoms with Crippen molar-refractivity contribution in [2.45, 2.75) is 19.3 Å². The van der Waals surface area contributed by atoms with Crippen LogP contribution in [0.3, 0.4) is 0 Å². The molecule has 0 aliphatic carbocycles. The maximum absolute atomic E-state index is 12.9. The highest BCUT2D eigenvalue weighted by molar-refractivity contribution is 5.61. The third kappa shape index (κ3) is 4.67. The highest BCUT2D eigenvalue weighted by Crippen LogP contribution is 2.24. The zero-order valence-corrected chi connectivity index (χ0v) is 10.3. The van der Waals surface area contributed by atoms with Gasteiger partial charge >= 0.3 is 0 Å². The second kappa shape index (κ2) is 7.60. The van der Waals surface area contributed by atoms with Gasteiger partial charge in [-0.25, -0.2) is 4.39 Å². The minimum Gasteiger partial charge on any atom is -0.385 e. The van der Waals surface area contributed by atoms with Gasteiger partial charge in [0.15, 0.2) is 0 Å². The third-order valence-electron chi connectivity index (χ3n) is 2.50. The third-order valence-corrected chi connectivity index (χ3v) is 2.50. The van der Waals surface area contributed by atoms with Crippen LogP contribution in [-0.4, -0.2) is 25.2 Å². The van der Waals surface area contributed by atoms with Crippen molar-refractivity contribution >= 4 is 11.4 Å². The van der Waals surface area contributed by atoms with Gasteiger partial charge in [-0.3, -0.25) is 10.1 Å². The number of rotatable bonds is 8. The predicted molar refractivity (Wildman–Crippen MR) is 67.3 cm³/mol. The summed E-state index contributed by atoms with van der Waals surface area (Å²) >= 11 is 0. The molecule has 100 valence electrons. The van der Waals surface area contributed by atoms with E-state index in [2.05, 4.69) is 5.32 Å². The molecule has 0 aliphatic rings. The van der Waals surface area contributed by atoms with Gasteiger partial charge in [-0.05, 0) is 31.4 Å². The van der Waals surface area contributed by atoms with Gasteiger partial charge in [0.1, 0.15) is 11.5 Å². The van der Waals surface area contributed by atoms with E-state index in [1.54, 1.807) is 7.11 Å². The molecule has 0 unspecified atom stereocenters. The molecule has 1 rings (SSSR count). The van der Waals surface area contributed by atoms with Crippen molar-refractivity contribution < 1.29 is 14.1 Å². The lowest BCUT2D eigenvalue weighted by Crippen LogP contribution is -2.05. The van der Waals surface area contributed by atoms with Crippen LogP contribution in [-0.2, 0) is 4.74 Å². The minimum atomic E-state index is -0.604. The Kier molecular flexibility index (Phi) is 6.07. The van der Waals surface area contributed by atoms with Crippen LogP contribution in [0.4, 0.5) is 15.8 Å². The highest BCUT2D eigenvalue weighted by atomic mass is 19.1. The normalized spacial score (nSPS) is 10.3. The Morgan fingerprint density at radius 2 is 2.17 bits per heavy atom. The van der Waals surface area contributed by atoms with Gasteiger partial charge in [0.2, 0.25) is 0 Å². The molecule has 0 aliphatic heterocycles. The van der Waals surface area contributed by atoms with Crippen molar-refractivity contribution in [1.82, 2.24) is 0 Å². The van der Waals surface area contributed by atoms with E-state index in [4.69, 9.17) is 4.74 Å². The van der Waals surface area contributed by atoms with Crippen molar-refractivity contribution in [2.24, 2.45) is 0 Å². The van der Waals surface area contributed by atoms with Gasteiger partial charge in [0, 0.05) is 20.3 Å². The van der Waals surface area contributed by atoms with Gasteiger partial charge in [-0.15, -0.1) is 0 Å². The molecule has 0 heterocycles. The zero-order chi connectivity index (χ0) is 13.4. The summed E-state index contributed by atoms with van der Waals surface area (Å²) in [5.74, 6) is -0.604. The number of hydrogen-bond donors (Lipinski definition) is 1. The molecule has 5 nitrogen and oxygen atoms in total. The molecule has 0 bridgehead atoms. The van der Waals surface area contributed by atoms with Crippen molar-refractivity contribution in [1.29, 1.82) is 0 Å². The van der Waals surface area contributed by atoms with Gasteiger partial charge in [-0.2, -0.15) is 0 Å². The maximum atomic E-state index is 12.9. The number of benzene rings is 1. The fourth-order valence-corrected chi connectivity index (χ4v) is 1.58. The zero-order valence-electron chi connectivity index (χ0n) is 10.3. The molecule has 0 atom stereocenters. The predicted octanol–water partition coefficient (Wildman–Crippen LogP) is 2.96. The van der Waals surface area contributed by atoms with Crippen LogP contribution in [0.5, 0.6) is 0 Å². The van der Waals surface area contributed by atoms with Gasteiger partial charge in [0.25, 0.3) is 5.69 Å². The number of ether oxygens (including phenoxy) is 1. The summed E-state index contributed by atoms with van der Waals surface area (Å²) in [6.45, 7) is 1.34. The monoisotopic (exact) mass is 256 g/mol. The van der Waals surface area contributed by atoms with Crippen molar-refractivity contribution in [2.75, 3.05) is 25.6 Å². The average Bonchev–Trinajstić information content (AvgIpc) is 2.35.